The van der Waals surface area contributed by atoms with Crippen LogP contribution in [0.4, 0.5) is 0 Å². The molecule has 15 heavy (non-hydrogen) atoms. The largest absolute Gasteiger partial charge is 0.363 e. The van der Waals surface area contributed by atoms with Crippen molar-refractivity contribution in [2.45, 2.75) is 89.3 Å². The maximum Gasteiger partial charge on any atom is 0.0980 e. The molecule has 1 aliphatic carbocycles. The average Bonchev–Trinajstić information content (AvgIpc) is 2.93. The first kappa shape index (κ1) is 11.4. The van der Waals surface area contributed by atoms with E-state index in [1.807, 2.05) is 0 Å². The molecule has 2 unspecified atom stereocenters. The number of rotatable bonds is 6. The first-order valence-corrected chi connectivity index (χ1v) is 6.99. The Hall–Kier alpha value is -0.0400. The summed E-state index contributed by atoms with van der Waals surface area (Å²) in [5, 5.41) is 0. The molecule has 2 fully saturated rings. The Morgan fingerprint density at radius 1 is 0.867 bits per heavy atom. The molecule has 2 rings (SSSR count). The van der Waals surface area contributed by atoms with Crippen LogP contribution in [0, 0.1) is 0 Å². The van der Waals surface area contributed by atoms with Gasteiger partial charge in [-0.15, -0.1) is 0 Å². The first-order chi connectivity index (χ1) is 7.29. The summed E-state index contributed by atoms with van der Waals surface area (Å²) >= 11 is 0. The summed E-state index contributed by atoms with van der Waals surface area (Å²) in [6, 6.07) is 0. The number of ether oxygens (including phenoxy) is 1. The molecule has 0 spiro atoms. The highest BCUT2D eigenvalue weighted by Crippen LogP contribution is 2.62. The Balaban J connectivity index is 1.93. The van der Waals surface area contributed by atoms with E-state index < -0.39 is 0 Å². The fourth-order valence-corrected chi connectivity index (χ4v) is 3.46. The summed E-state index contributed by atoms with van der Waals surface area (Å²) in [6.45, 7) is 4.57. The van der Waals surface area contributed by atoms with Crippen LogP contribution in [0.5, 0.6) is 0 Å². The highest BCUT2D eigenvalue weighted by atomic mass is 16.6. The molecule has 1 saturated carbocycles. The molecule has 2 aliphatic rings. The number of hydrogen-bond acceptors (Lipinski definition) is 1. The van der Waals surface area contributed by atoms with Gasteiger partial charge in [-0.1, -0.05) is 52.4 Å². The Labute approximate surface area is 94.6 Å². The van der Waals surface area contributed by atoms with Crippen LogP contribution < -0.4 is 0 Å². The predicted molar refractivity (Wildman–Crippen MR) is 64.1 cm³/mol. The predicted octanol–water partition coefficient (Wildman–Crippen LogP) is 4.45. The van der Waals surface area contributed by atoms with Gasteiger partial charge in [0.1, 0.15) is 0 Å². The topological polar surface area (TPSA) is 12.5 Å². The van der Waals surface area contributed by atoms with Crippen molar-refractivity contribution in [2.24, 2.45) is 0 Å². The molecule has 0 aromatic carbocycles. The monoisotopic (exact) mass is 210 g/mol. The summed E-state index contributed by atoms with van der Waals surface area (Å²) in [5.74, 6) is 0. The van der Waals surface area contributed by atoms with E-state index in [2.05, 4.69) is 13.8 Å². The maximum atomic E-state index is 6.26. The van der Waals surface area contributed by atoms with Crippen LogP contribution in [-0.4, -0.2) is 11.2 Å². The van der Waals surface area contributed by atoms with Crippen LogP contribution in [0.2, 0.25) is 0 Å². The maximum absolute atomic E-state index is 6.26. The molecule has 0 aromatic heterocycles. The van der Waals surface area contributed by atoms with E-state index in [0.29, 0.717) is 11.2 Å². The van der Waals surface area contributed by atoms with E-state index in [9.17, 15) is 0 Å². The number of fused-ring (bicyclic) bond motifs is 1. The second-order valence-corrected chi connectivity index (χ2v) is 5.50. The summed E-state index contributed by atoms with van der Waals surface area (Å²) in [7, 11) is 0. The molecule has 0 aromatic rings. The van der Waals surface area contributed by atoms with Gasteiger partial charge < -0.3 is 4.74 Å². The van der Waals surface area contributed by atoms with Crippen molar-refractivity contribution in [1.82, 2.24) is 0 Å². The van der Waals surface area contributed by atoms with Crippen LogP contribution in [0.15, 0.2) is 0 Å². The Morgan fingerprint density at radius 3 is 1.73 bits per heavy atom. The summed E-state index contributed by atoms with van der Waals surface area (Å²) in [4.78, 5) is 0. The zero-order valence-corrected chi connectivity index (χ0v) is 10.5. The van der Waals surface area contributed by atoms with Gasteiger partial charge in [-0.05, 0) is 25.7 Å². The third-order valence-electron chi connectivity index (χ3n) is 4.46. The molecule has 88 valence electrons. The van der Waals surface area contributed by atoms with Crippen LogP contribution in [0.3, 0.4) is 0 Å². The highest BCUT2D eigenvalue weighted by molar-refractivity contribution is 5.17. The molecule has 2 atom stereocenters. The van der Waals surface area contributed by atoms with E-state index in [0.717, 1.165) is 0 Å². The second-order valence-electron chi connectivity index (χ2n) is 5.50. The van der Waals surface area contributed by atoms with Crippen LogP contribution in [-0.2, 0) is 4.74 Å². The lowest BCUT2D eigenvalue weighted by Gasteiger charge is -2.24. The third kappa shape index (κ3) is 1.95. The first-order valence-electron chi connectivity index (χ1n) is 6.99. The van der Waals surface area contributed by atoms with Gasteiger partial charge in [-0.3, -0.25) is 0 Å². The van der Waals surface area contributed by atoms with Crippen LogP contribution in [0.25, 0.3) is 0 Å². The van der Waals surface area contributed by atoms with E-state index in [1.165, 1.54) is 64.2 Å². The van der Waals surface area contributed by atoms with Crippen molar-refractivity contribution in [3.05, 3.63) is 0 Å². The van der Waals surface area contributed by atoms with Gasteiger partial charge in [0, 0.05) is 0 Å². The molecule has 1 aliphatic heterocycles. The lowest BCUT2D eigenvalue weighted by molar-refractivity contribution is 0.245. The van der Waals surface area contributed by atoms with Crippen molar-refractivity contribution < 1.29 is 4.74 Å². The molecule has 1 saturated heterocycles. The van der Waals surface area contributed by atoms with E-state index in [-0.39, 0.29) is 0 Å². The fraction of sp³-hybridized carbons (Fsp3) is 1.00. The van der Waals surface area contributed by atoms with Gasteiger partial charge in [-0.25, -0.2) is 0 Å². The van der Waals surface area contributed by atoms with Crippen LogP contribution >= 0.6 is 0 Å². The fourth-order valence-electron chi connectivity index (χ4n) is 3.46. The number of epoxide rings is 1. The van der Waals surface area contributed by atoms with Gasteiger partial charge in [0.2, 0.25) is 0 Å². The zero-order chi connectivity index (χ0) is 10.8. The van der Waals surface area contributed by atoms with Crippen molar-refractivity contribution in [3.63, 3.8) is 0 Å². The van der Waals surface area contributed by atoms with Gasteiger partial charge in [0.05, 0.1) is 11.2 Å². The number of unbranched alkanes of at least 4 members (excludes halogenated alkanes) is 2. The van der Waals surface area contributed by atoms with Gasteiger partial charge >= 0.3 is 0 Å². The average molecular weight is 210 g/mol. The Kier molecular flexibility index (Phi) is 3.39. The Bertz CT molecular complexity index is 191. The third-order valence-corrected chi connectivity index (χ3v) is 4.46. The normalized spacial score (nSPS) is 38.8. The highest BCUT2D eigenvalue weighted by Gasteiger charge is 2.68. The minimum absolute atomic E-state index is 0.344. The molecule has 0 radical (unpaired) electrons. The molecule has 1 nitrogen and oxygen atoms in total. The van der Waals surface area contributed by atoms with Gasteiger partial charge in [-0.2, -0.15) is 0 Å². The summed E-state index contributed by atoms with van der Waals surface area (Å²) in [6.07, 6.45) is 13.5. The number of hydrogen-bond donors (Lipinski definition) is 0. The molecule has 0 bridgehead atoms. The second kappa shape index (κ2) is 4.45. The smallest absolute Gasteiger partial charge is 0.0980 e. The minimum atomic E-state index is 0.344. The van der Waals surface area contributed by atoms with Gasteiger partial charge in [0.25, 0.3) is 0 Å². The molecule has 0 amide bonds. The molecular weight excluding hydrogens is 184 g/mol. The van der Waals surface area contributed by atoms with Crippen molar-refractivity contribution in [1.29, 1.82) is 0 Å². The summed E-state index contributed by atoms with van der Waals surface area (Å²) in [5.41, 5.74) is 0.687. The molecule has 1 heterocycles. The SMILES string of the molecule is CCCCC12CCCCC1(CCCC)O2. The minimum Gasteiger partial charge on any atom is -0.363 e. The van der Waals surface area contributed by atoms with E-state index >= 15 is 0 Å². The van der Waals surface area contributed by atoms with Crippen LogP contribution in [0.1, 0.15) is 78.1 Å². The Morgan fingerprint density at radius 2 is 1.33 bits per heavy atom. The van der Waals surface area contributed by atoms with E-state index in [4.69, 9.17) is 4.74 Å². The molecular formula is C14H26O. The van der Waals surface area contributed by atoms with E-state index in [1.54, 1.807) is 0 Å². The van der Waals surface area contributed by atoms with Gasteiger partial charge in [0.15, 0.2) is 0 Å². The zero-order valence-electron chi connectivity index (χ0n) is 10.5. The quantitative estimate of drug-likeness (QED) is 0.590. The molecule has 1 heteroatoms. The lowest BCUT2D eigenvalue weighted by Crippen LogP contribution is -2.30. The lowest BCUT2D eigenvalue weighted by atomic mass is 9.74. The summed E-state index contributed by atoms with van der Waals surface area (Å²) < 4.78 is 6.26. The standard InChI is InChI=1S/C14H26O/c1-3-5-9-13-11-7-8-12-14(13,15-13)10-6-4-2/h3-12H2,1-2H3. The van der Waals surface area contributed by atoms with Crippen molar-refractivity contribution in [2.75, 3.05) is 0 Å². The van der Waals surface area contributed by atoms with Crippen molar-refractivity contribution >= 4 is 0 Å². The van der Waals surface area contributed by atoms with Crippen molar-refractivity contribution in [3.8, 4) is 0 Å². The molecule has 0 N–H and O–H groups in total.